The lowest BCUT2D eigenvalue weighted by Crippen LogP contribution is -2.46. The minimum Gasteiger partial charge on any atom is -0.493 e. The van der Waals surface area contributed by atoms with Crippen molar-refractivity contribution in [3.8, 4) is 11.5 Å². The number of nitrogens with zero attached hydrogens (tertiary/aromatic N) is 2. The second-order valence-electron chi connectivity index (χ2n) is 6.98. The maximum absolute atomic E-state index is 11.6. The molecule has 7 nitrogen and oxygen atoms in total. The molecule has 0 atom stereocenters. The number of amides is 1. The molecule has 0 saturated carbocycles. The second kappa shape index (κ2) is 13.5. The summed E-state index contributed by atoms with van der Waals surface area (Å²) in [5.74, 6) is 3.04. The standard InChI is InChI=1S/C21H34N4O3.HI/c1-5-23-21(25-12-9-17(10-13-25)15-20(26)22-2)24-11-8-16-6-7-18(27-3)19(14-16)28-4;/h6-7,14,17H,5,8-13,15H2,1-4H3,(H,22,26)(H,23,24);1H. The zero-order valence-corrected chi connectivity index (χ0v) is 20.3. The van der Waals surface area contributed by atoms with Crippen LogP contribution in [0, 0.1) is 5.92 Å². The summed E-state index contributed by atoms with van der Waals surface area (Å²) in [6, 6.07) is 5.99. The van der Waals surface area contributed by atoms with E-state index in [4.69, 9.17) is 14.5 Å². The Morgan fingerprint density at radius 3 is 2.48 bits per heavy atom. The quantitative estimate of drug-likeness (QED) is 0.315. The highest BCUT2D eigenvalue weighted by molar-refractivity contribution is 14.0. The van der Waals surface area contributed by atoms with Crippen LogP contribution in [0.2, 0.25) is 0 Å². The highest BCUT2D eigenvalue weighted by atomic mass is 127. The summed E-state index contributed by atoms with van der Waals surface area (Å²) in [7, 11) is 4.99. The van der Waals surface area contributed by atoms with Crippen LogP contribution in [0.4, 0.5) is 0 Å². The van der Waals surface area contributed by atoms with Gasteiger partial charge in [-0.1, -0.05) is 6.07 Å². The summed E-state index contributed by atoms with van der Waals surface area (Å²) in [6.45, 7) is 5.50. The number of carbonyl (C=O) groups excluding carboxylic acids is 1. The summed E-state index contributed by atoms with van der Waals surface area (Å²) in [5, 5.41) is 6.12. The van der Waals surface area contributed by atoms with Crippen LogP contribution in [0.15, 0.2) is 23.2 Å². The number of guanidine groups is 1. The van der Waals surface area contributed by atoms with E-state index in [0.29, 0.717) is 18.9 Å². The highest BCUT2D eigenvalue weighted by Gasteiger charge is 2.23. The van der Waals surface area contributed by atoms with Gasteiger partial charge in [0.1, 0.15) is 0 Å². The van der Waals surface area contributed by atoms with E-state index in [1.54, 1.807) is 21.3 Å². The molecule has 1 aliphatic heterocycles. The summed E-state index contributed by atoms with van der Waals surface area (Å²) < 4.78 is 10.7. The van der Waals surface area contributed by atoms with Gasteiger partial charge in [-0.25, -0.2) is 0 Å². The van der Waals surface area contributed by atoms with E-state index in [2.05, 4.69) is 22.5 Å². The molecule has 1 saturated heterocycles. The summed E-state index contributed by atoms with van der Waals surface area (Å²) in [5.41, 5.74) is 1.17. The predicted octanol–water partition coefficient (Wildman–Crippen LogP) is 2.68. The predicted molar refractivity (Wildman–Crippen MR) is 128 cm³/mol. The average molecular weight is 518 g/mol. The lowest BCUT2D eigenvalue weighted by atomic mass is 9.93. The van der Waals surface area contributed by atoms with Gasteiger partial charge in [0.25, 0.3) is 0 Å². The maximum atomic E-state index is 11.6. The van der Waals surface area contributed by atoms with Crippen molar-refractivity contribution in [2.75, 3.05) is 47.4 Å². The third-order valence-corrected chi connectivity index (χ3v) is 5.11. The molecule has 1 aromatic rings. The van der Waals surface area contributed by atoms with E-state index >= 15 is 0 Å². The van der Waals surface area contributed by atoms with Gasteiger partial charge in [0.05, 0.1) is 14.2 Å². The number of ether oxygens (including phenoxy) is 2. The van der Waals surface area contributed by atoms with Crippen LogP contribution in [-0.2, 0) is 11.2 Å². The van der Waals surface area contributed by atoms with Crippen molar-refractivity contribution in [3.05, 3.63) is 23.8 Å². The molecule has 1 heterocycles. The number of rotatable bonds is 8. The summed E-state index contributed by atoms with van der Waals surface area (Å²) in [4.78, 5) is 18.7. The first-order chi connectivity index (χ1) is 13.6. The van der Waals surface area contributed by atoms with Crippen molar-refractivity contribution in [2.45, 2.75) is 32.6 Å². The largest absolute Gasteiger partial charge is 0.493 e. The zero-order valence-electron chi connectivity index (χ0n) is 18.0. The monoisotopic (exact) mass is 518 g/mol. The number of methoxy groups -OCH3 is 2. The Hall–Kier alpha value is -1.71. The van der Waals surface area contributed by atoms with Crippen molar-refractivity contribution in [1.82, 2.24) is 15.5 Å². The van der Waals surface area contributed by atoms with E-state index in [1.807, 2.05) is 18.2 Å². The van der Waals surface area contributed by atoms with Gasteiger partial charge in [-0.05, 0) is 49.8 Å². The average Bonchev–Trinajstić information content (AvgIpc) is 2.73. The minimum atomic E-state index is 0. The molecule has 164 valence electrons. The van der Waals surface area contributed by atoms with Crippen LogP contribution in [0.5, 0.6) is 11.5 Å². The normalized spacial score (nSPS) is 14.8. The van der Waals surface area contributed by atoms with Crippen LogP contribution in [0.25, 0.3) is 0 Å². The number of hydrogen-bond acceptors (Lipinski definition) is 4. The number of halogens is 1. The van der Waals surface area contributed by atoms with Crippen molar-refractivity contribution in [2.24, 2.45) is 10.9 Å². The van der Waals surface area contributed by atoms with E-state index < -0.39 is 0 Å². The van der Waals surface area contributed by atoms with E-state index in [1.165, 1.54) is 5.56 Å². The first-order valence-electron chi connectivity index (χ1n) is 10.1. The van der Waals surface area contributed by atoms with E-state index in [9.17, 15) is 4.79 Å². The molecule has 29 heavy (non-hydrogen) atoms. The molecule has 0 unspecified atom stereocenters. The minimum absolute atomic E-state index is 0. The Labute approximate surface area is 191 Å². The molecule has 1 aromatic carbocycles. The van der Waals surface area contributed by atoms with Gasteiger partial charge in [-0.15, -0.1) is 24.0 Å². The molecule has 1 fully saturated rings. The van der Waals surface area contributed by atoms with Gasteiger partial charge in [0, 0.05) is 39.6 Å². The molecule has 0 aliphatic carbocycles. The van der Waals surface area contributed by atoms with Gasteiger partial charge < -0.3 is 25.0 Å². The van der Waals surface area contributed by atoms with Crippen LogP contribution in [0.1, 0.15) is 31.7 Å². The zero-order chi connectivity index (χ0) is 20.4. The summed E-state index contributed by atoms with van der Waals surface area (Å²) in [6.07, 6.45) is 3.50. The summed E-state index contributed by atoms with van der Waals surface area (Å²) >= 11 is 0. The van der Waals surface area contributed by atoms with Crippen molar-refractivity contribution in [3.63, 3.8) is 0 Å². The highest BCUT2D eigenvalue weighted by Crippen LogP contribution is 2.27. The molecule has 1 amide bonds. The first-order valence-corrected chi connectivity index (χ1v) is 10.1. The molecular formula is C21H35IN4O3. The lowest BCUT2D eigenvalue weighted by molar-refractivity contribution is -0.121. The molecule has 2 rings (SSSR count). The Morgan fingerprint density at radius 2 is 1.90 bits per heavy atom. The number of benzene rings is 1. The fraction of sp³-hybridized carbons (Fsp3) is 0.619. The number of nitrogens with one attached hydrogen (secondary N) is 2. The van der Waals surface area contributed by atoms with Crippen LogP contribution >= 0.6 is 24.0 Å². The molecule has 1 aliphatic rings. The molecule has 0 radical (unpaired) electrons. The van der Waals surface area contributed by atoms with Crippen LogP contribution < -0.4 is 20.1 Å². The fourth-order valence-electron chi connectivity index (χ4n) is 3.47. The second-order valence-corrected chi connectivity index (χ2v) is 6.98. The lowest BCUT2D eigenvalue weighted by Gasteiger charge is -2.34. The Balaban J connectivity index is 0.00000420. The molecule has 0 aromatic heterocycles. The van der Waals surface area contributed by atoms with Crippen molar-refractivity contribution in [1.29, 1.82) is 0 Å². The first kappa shape index (κ1) is 25.3. The van der Waals surface area contributed by atoms with Gasteiger partial charge in [0.15, 0.2) is 17.5 Å². The van der Waals surface area contributed by atoms with Crippen LogP contribution in [-0.4, -0.2) is 64.2 Å². The Kier molecular flexibility index (Phi) is 11.8. The third kappa shape index (κ3) is 7.91. The van der Waals surface area contributed by atoms with Gasteiger partial charge >= 0.3 is 0 Å². The van der Waals surface area contributed by atoms with Gasteiger partial charge in [-0.3, -0.25) is 9.79 Å². The molecule has 8 heteroatoms. The molecular weight excluding hydrogens is 483 g/mol. The van der Waals surface area contributed by atoms with Crippen LogP contribution in [0.3, 0.4) is 0 Å². The number of piperidine rings is 1. The Bertz CT molecular complexity index is 661. The number of aliphatic imine (C=N–C) groups is 1. The van der Waals surface area contributed by atoms with Gasteiger partial charge in [-0.2, -0.15) is 0 Å². The molecule has 0 bridgehead atoms. The van der Waals surface area contributed by atoms with Crippen molar-refractivity contribution >= 4 is 35.8 Å². The SMILES string of the molecule is CCNC(=NCCc1ccc(OC)c(OC)c1)N1CCC(CC(=O)NC)CC1.I. The van der Waals surface area contributed by atoms with Crippen molar-refractivity contribution < 1.29 is 14.3 Å². The fourth-order valence-corrected chi connectivity index (χ4v) is 3.47. The number of hydrogen-bond donors (Lipinski definition) is 2. The van der Waals surface area contributed by atoms with E-state index in [-0.39, 0.29) is 29.9 Å². The molecule has 0 spiro atoms. The Morgan fingerprint density at radius 1 is 1.21 bits per heavy atom. The number of carbonyl (C=O) groups is 1. The molecule has 2 N–H and O–H groups in total. The van der Waals surface area contributed by atoms with E-state index in [0.717, 1.165) is 56.4 Å². The third-order valence-electron chi connectivity index (χ3n) is 5.11. The topological polar surface area (TPSA) is 75.2 Å². The maximum Gasteiger partial charge on any atom is 0.220 e. The van der Waals surface area contributed by atoms with Gasteiger partial charge in [0.2, 0.25) is 5.91 Å². The smallest absolute Gasteiger partial charge is 0.220 e. The number of likely N-dealkylation sites (tertiary alicyclic amines) is 1.